The maximum Gasteiger partial charge on any atom is 0.299 e. The lowest BCUT2D eigenvalue weighted by Crippen LogP contribution is -2.36. The molecular weight excluding hydrogens is 250 g/mol. The summed E-state index contributed by atoms with van der Waals surface area (Å²) in [5, 5.41) is 0. The number of amides is 1. The fourth-order valence-electron chi connectivity index (χ4n) is 4.55. The Bertz CT molecular complexity index is 607. The Labute approximate surface area is 119 Å². The molecule has 3 atom stereocenters. The van der Waals surface area contributed by atoms with Crippen molar-refractivity contribution >= 4 is 17.4 Å². The molecule has 1 aromatic carbocycles. The van der Waals surface area contributed by atoms with Crippen molar-refractivity contribution in [1.82, 2.24) is 0 Å². The molecule has 1 aromatic rings. The molecule has 20 heavy (non-hydrogen) atoms. The van der Waals surface area contributed by atoms with E-state index in [1.807, 2.05) is 19.1 Å². The number of para-hydroxylation sites is 1. The van der Waals surface area contributed by atoms with Crippen LogP contribution >= 0.6 is 0 Å². The van der Waals surface area contributed by atoms with Gasteiger partial charge in [-0.05, 0) is 55.6 Å². The monoisotopic (exact) mass is 269 g/mol. The molecule has 1 aliphatic heterocycles. The van der Waals surface area contributed by atoms with Crippen LogP contribution in [0.5, 0.6) is 0 Å². The van der Waals surface area contributed by atoms with E-state index in [4.69, 9.17) is 0 Å². The molecule has 2 saturated carbocycles. The van der Waals surface area contributed by atoms with Gasteiger partial charge in [0.1, 0.15) is 0 Å². The number of ketones is 1. The first-order valence-electron chi connectivity index (χ1n) is 7.61. The lowest BCUT2D eigenvalue weighted by atomic mass is 9.88. The number of anilines is 1. The second-order valence-electron chi connectivity index (χ2n) is 6.65. The van der Waals surface area contributed by atoms with E-state index in [1.54, 1.807) is 11.0 Å². The van der Waals surface area contributed by atoms with E-state index < -0.39 is 0 Å². The molecule has 0 radical (unpaired) electrons. The van der Waals surface area contributed by atoms with Gasteiger partial charge in [0, 0.05) is 6.54 Å². The van der Waals surface area contributed by atoms with Gasteiger partial charge in [-0.15, -0.1) is 0 Å². The molecule has 0 aromatic heterocycles. The molecule has 2 fully saturated rings. The zero-order valence-corrected chi connectivity index (χ0v) is 11.8. The van der Waals surface area contributed by atoms with E-state index in [0.717, 1.165) is 29.6 Å². The van der Waals surface area contributed by atoms with E-state index in [-0.39, 0.29) is 11.7 Å². The summed E-state index contributed by atoms with van der Waals surface area (Å²) in [6.45, 7) is 2.72. The van der Waals surface area contributed by atoms with Crippen LogP contribution in [0.4, 0.5) is 5.69 Å². The van der Waals surface area contributed by atoms with Crippen LogP contribution in [0.2, 0.25) is 0 Å². The van der Waals surface area contributed by atoms with Gasteiger partial charge in [0.15, 0.2) is 0 Å². The van der Waals surface area contributed by atoms with E-state index in [1.165, 1.54) is 25.7 Å². The average Bonchev–Trinajstić information content (AvgIpc) is 3.10. The van der Waals surface area contributed by atoms with Gasteiger partial charge in [-0.2, -0.15) is 0 Å². The molecule has 0 spiro atoms. The number of Topliss-reactive ketones (excluding diaryl/α,β-unsaturated/α-hetero) is 1. The Morgan fingerprint density at radius 3 is 2.75 bits per heavy atom. The topological polar surface area (TPSA) is 37.4 Å². The Balaban J connectivity index is 1.66. The van der Waals surface area contributed by atoms with Crippen molar-refractivity contribution in [3.05, 3.63) is 29.3 Å². The molecule has 3 unspecified atom stereocenters. The van der Waals surface area contributed by atoms with Gasteiger partial charge in [0.25, 0.3) is 11.7 Å². The fraction of sp³-hybridized carbons (Fsp3) is 0.529. The van der Waals surface area contributed by atoms with Crippen molar-refractivity contribution in [3.63, 3.8) is 0 Å². The molecule has 0 saturated heterocycles. The highest BCUT2D eigenvalue weighted by Crippen LogP contribution is 2.49. The molecule has 1 amide bonds. The molecular formula is C17H19NO2. The molecule has 2 bridgehead atoms. The van der Waals surface area contributed by atoms with E-state index in [2.05, 4.69) is 0 Å². The summed E-state index contributed by atoms with van der Waals surface area (Å²) in [5.41, 5.74) is 2.49. The zero-order valence-electron chi connectivity index (χ0n) is 11.8. The van der Waals surface area contributed by atoms with Gasteiger partial charge < -0.3 is 4.90 Å². The lowest BCUT2D eigenvalue weighted by molar-refractivity contribution is -0.114. The third kappa shape index (κ3) is 1.58. The van der Waals surface area contributed by atoms with Crippen molar-refractivity contribution in [2.24, 2.45) is 17.8 Å². The highest BCUT2D eigenvalue weighted by molar-refractivity contribution is 6.52. The highest BCUT2D eigenvalue weighted by atomic mass is 16.2. The summed E-state index contributed by atoms with van der Waals surface area (Å²) < 4.78 is 0. The maximum atomic E-state index is 12.3. The van der Waals surface area contributed by atoms with E-state index in [9.17, 15) is 9.59 Å². The Morgan fingerprint density at radius 1 is 1.20 bits per heavy atom. The minimum absolute atomic E-state index is 0.322. The zero-order chi connectivity index (χ0) is 13.9. The number of carbonyl (C=O) groups excluding carboxylic acids is 2. The average molecular weight is 269 g/mol. The van der Waals surface area contributed by atoms with Gasteiger partial charge in [0.2, 0.25) is 0 Å². The van der Waals surface area contributed by atoms with Crippen molar-refractivity contribution in [2.75, 3.05) is 11.4 Å². The maximum absolute atomic E-state index is 12.3. The predicted octanol–water partition coefficient (Wildman–Crippen LogP) is 2.96. The Kier molecular flexibility index (Phi) is 2.53. The molecule has 0 N–H and O–H groups in total. The predicted molar refractivity (Wildman–Crippen MR) is 76.8 cm³/mol. The van der Waals surface area contributed by atoms with Crippen molar-refractivity contribution in [2.45, 2.75) is 32.6 Å². The number of rotatable bonds is 2. The van der Waals surface area contributed by atoms with Crippen molar-refractivity contribution in [1.29, 1.82) is 0 Å². The fourth-order valence-corrected chi connectivity index (χ4v) is 4.55. The smallest absolute Gasteiger partial charge is 0.299 e. The molecule has 2 aliphatic carbocycles. The largest absolute Gasteiger partial charge is 0.304 e. The van der Waals surface area contributed by atoms with Gasteiger partial charge in [-0.1, -0.05) is 18.6 Å². The van der Waals surface area contributed by atoms with E-state index >= 15 is 0 Å². The number of hydrogen-bond donors (Lipinski definition) is 0. The van der Waals surface area contributed by atoms with Crippen LogP contribution < -0.4 is 4.90 Å². The van der Waals surface area contributed by atoms with Crippen LogP contribution in [0.15, 0.2) is 18.2 Å². The minimum atomic E-state index is -0.327. The van der Waals surface area contributed by atoms with Gasteiger partial charge >= 0.3 is 0 Å². The summed E-state index contributed by atoms with van der Waals surface area (Å²) in [5.74, 6) is 1.59. The molecule has 104 valence electrons. The molecule has 4 rings (SSSR count). The summed E-state index contributed by atoms with van der Waals surface area (Å²) in [6, 6.07) is 5.63. The second-order valence-corrected chi connectivity index (χ2v) is 6.65. The van der Waals surface area contributed by atoms with Crippen molar-refractivity contribution in [3.8, 4) is 0 Å². The van der Waals surface area contributed by atoms with Crippen LogP contribution in [0.1, 0.15) is 41.6 Å². The van der Waals surface area contributed by atoms with Crippen LogP contribution in [-0.2, 0) is 4.79 Å². The summed E-state index contributed by atoms with van der Waals surface area (Å²) in [7, 11) is 0. The molecule has 3 nitrogen and oxygen atoms in total. The SMILES string of the molecule is Cc1cccc2c1N(CC1CC3CCC1C3)C(=O)C2=O. The quantitative estimate of drug-likeness (QED) is 0.774. The number of hydrogen-bond acceptors (Lipinski definition) is 2. The third-order valence-corrected chi connectivity index (χ3v) is 5.49. The first-order valence-corrected chi connectivity index (χ1v) is 7.61. The van der Waals surface area contributed by atoms with Crippen LogP contribution in [-0.4, -0.2) is 18.2 Å². The standard InChI is InChI=1S/C17H19NO2/c1-10-3-2-4-14-15(10)18(17(20)16(14)19)9-13-8-11-5-6-12(13)7-11/h2-4,11-13H,5-9H2,1H3. The highest BCUT2D eigenvalue weighted by Gasteiger charge is 2.44. The Morgan fingerprint density at radius 2 is 2.05 bits per heavy atom. The summed E-state index contributed by atoms with van der Waals surface area (Å²) in [6.07, 6.45) is 5.25. The van der Waals surface area contributed by atoms with Gasteiger partial charge in [0.05, 0.1) is 11.3 Å². The Hall–Kier alpha value is -1.64. The number of carbonyl (C=O) groups is 2. The van der Waals surface area contributed by atoms with Crippen LogP contribution in [0.3, 0.4) is 0 Å². The van der Waals surface area contributed by atoms with E-state index in [0.29, 0.717) is 11.5 Å². The summed E-state index contributed by atoms with van der Waals surface area (Å²) in [4.78, 5) is 26.1. The number of aryl methyl sites for hydroxylation is 1. The first kappa shape index (κ1) is 12.1. The number of nitrogens with zero attached hydrogens (tertiary/aromatic N) is 1. The van der Waals surface area contributed by atoms with Crippen LogP contribution in [0.25, 0.3) is 0 Å². The molecule has 3 aliphatic rings. The minimum Gasteiger partial charge on any atom is -0.304 e. The van der Waals surface area contributed by atoms with Crippen molar-refractivity contribution < 1.29 is 9.59 Å². The number of benzene rings is 1. The van der Waals surface area contributed by atoms with Gasteiger partial charge in [-0.25, -0.2) is 0 Å². The summed E-state index contributed by atoms with van der Waals surface area (Å²) >= 11 is 0. The third-order valence-electron chi connectivity index (χ3n) is 5.49. The normalized spacial score (nSPS) is 31.2. The van der Waals surface area contributed by atoms with Gasteiger partial charge in [-0.3, -0.25) is 9.59 Å². The first-order chi connectivity index (χ1) is 9.65. The second kappa shape index (κ2) is 4.18. The number of fused-ring (bicyclic) bond motifs is 3. The molecule has 1 heterocycles. The van der Waals surface area contributed by atoms with Crippen LogP contribution in [0, 0.1) is 24.7 Å². The lowest BCUT2D eigenvalue weighted by Gasteiger charge is -2.27. The molecule has 3 heteroatoms.